The molecule has 0 amide bonds. The van der Waals surface area contributed by atoms with Gasteiger partial charge in [0.05, 0.1) is 25.5 Å². The van der Waals surface area contributed by atoms with Crippen molar-refractivity contribution < 1.29 is 14.2 Å². The van der Waals surface area contributed by atoms with Crippen LogP contribution in [0.25, 0.3) is 11.3 Å². The highest BCUT2D eigenvalue weighted by atomic mass is 16.6. The van der Waals surface area contributed by atoms with Crippen molar-refractivity contribution in [2.75, 3.05) is 33.0 Å². The Morgan fingerprint density at radius 3 is 3.00 bits per heavy atom. The Kier molecular flexibility index (Phi) is 7.75. The highest BCUT2D eigenvalue weighted by Gasteiger charge is 2.21. The second-order valence-electron chi connectivity index (χ2n) is 8.13. The number of benzene rings is 1. The van der Waals surface area contributed by atoms with Gasteiger partial charge in [0.15, 0.2) is 0 Å². The van der Waals surface area contributed by atoms with Crippen molar-refractivity contribution in [2.24, 2.45) is 0 Å². The highest BCUT2D eigenvalue weighted by Crippen LogP contribution is 2.30. The van der Waals surface area contributed by atoms with Crippen molar-refractivity contribution >= 4 is 0 Å². The summed E-state index contributed by atoms with van der Waals surface area (Å²) in [6.45, 7) is 11.0. The molecule has 0 saturated carbocycles. The number of aromatic nitrogens is 2. The molecule has 1 fully saturated rings. The van der Waals surface area contributed by atoms with Gasteiger partial charge in [-0.3, -0.25) is 4.57 Å². The molecular weight excluding hydrogens is 418 g/mol. The van der Waals surface area contributed by atoms with Crippen LogP contribution in [0, 0.1) is 0 Å². The molecule has 4 rings (SSSR count). The van der Waals surface area contributed by atoms with E-state index in [1.807, 2.05) is 12.1 Å². The minimum Gasteiger partial charge on any atom is -0.475 e. The smallest absolute Gasteiger partial charge is 0.351 e. The molecule has 1 N–H and O–H groups in total. The normalized spacial score (nSPS) is 17.6. The molecule has 1 atom stereocenters. The highest BCUT2D eigenvalue weighted by molar-refractivity contribution is 5.67. The third kappa shape index (κ3) is 5.80. The van der Waals surface area contributed by atoms with Gasteiger partial charge in [0.2, 0.25) is 5.88 Å². The van der Waals surface area contributed by atoms with Gasteiger partial charge in [-0.1, -0.05) is 37.4 Å². The van der Waals surface area contributed by atoms with E-state index in [1.54, 1.807) is 16.7 Å². The van der Waals surface area contributed by atoms with E-state index in [-0.39, 0.29) is 11.8 Å². The van der Waals surface area contributed by atoms with Gasteiger partial charge in [-0.05, 0) is 42.5 Å². The van der Waals surface area contributed by atoms with Crippen LogP contribution < -0.4 is 15.7 Å². The second kappa shape index (κ2) is 11.1. The van der Waals surface area contributed by atoms with Crippen LogP contribution in [0.2, 0.25) is 0 Å². The molecule has 7 nitrogen and oxygen atoms in total. The fourth-order valence-electron chi connectivity index (χ4n) is 4.15. The van der Waals surface area contributed by atoms with E-state index in [0.717, 1.165) is 42.8 Å². The number of nitrogens with one attached hydrogen (secondary N) is 1. The van der Waals surface area contributed by atoms with E-state index >= 15 is 0 Å². The Balaban J connectivity index is 1.43. The number of fused-ring (bicyclic) bond motifs is 3. The predicted molar refractivity (Wildman–Crippen MR) is 128 cm³/mol. The van der Waals surface area contributed by atoms with Crippen molar-refractivity contribution in [1.29, 1.82) is 0 Å². The number of rotatable bonds is 10. The first-order valence-corrected chi connectivity index (χ1v) is 11.4. The average Bonchev–Trinajstić information content (AvgIpc) is 2.85. The second-order valence-corrected chi connectivity index (χ2v) is 8.13. The number of hydrogen-bond donors (Lipinski definition) is 1. The van der Waals surface area contributed by atoms with Gasteiger partial charge in [0.1, 0.15) is 12.7 Å². The number of aryl methyl sites for hydroxylation is 2. The monoisotopic (exact) mass is 449 g/mol. The maximum atomic E-state index is 12.6. The molecule has 0 unspecified atom stereocenters. The molecule has 0 aliphatic carbocycles. The van der Waals surface area contributed by atoms with Crippen LogP contribution in [-0.4, -0.2) is 48.6 Å². The Morgan fingerprint density at radius 2 is 2.21 bits per heavy atom. The van der Waals surface area contributed by atoms with Gasteiger partial charge in [-0.2, -0.15) is 4.98 Å². The summed E-state index contributed by atoms with van der Waals surface area (Å²) in [7, 11) is 0. The Labute approximate surface area is 194 Å². The van der Waals surface area contributed by atoms with Gasteiger partial charge >= 0.3 is 5.69 Å². The first-order valence-electron chi connectivity index (χ1n) is 11.4. The van der Waals surface area contributed by atoms with E-state index in [4.69, 9.17) is 14.2 Å². The summed E-state index contributed by atoms with van der Waals surface area (Å²) >= 11 is 0. The molecular formula is C26H31N3O4. The van der Waals surface area contributed by atoms with Crippen LogP contribution in [0.15, 0.2) is 66.1 Å². The van der Waals surface area contributed by atoms with Crippen molar-refractivity contribution in [3.63, 3.8) is 0 Å². The lowest BCUT2D eigenvalue weighted by atomic mass is 9.94. The molecule has 7 heteroatoms. The fraction of sp³-hybridized carbons (Fsp3) is 0.385. The van der Waals surface area contributed by atoms with Crippen molar-refractivity contribution in [1.82, 2.24) is 14.9 Å². The van der Waals surface area contributed by atoms with E-state index in [1.165, 1.54) is 11.1 Å². The minimum atomic E-state index is -0.283. The van der Waals surface area contributed by atoms with Crippen molar-refractivity contribution in [2.45, 2.75) is 31.9 Å². The number of allylic oxidation sites excluding steroid dienone is 3. The summed E-state index contributed by atoms with van der Waals surface area (Å²) in [6.07, 6.45) is 8.11. The zero-order valence-corrected chi connectivity index (χ0v) is 18.9. The minimum absolute atomic E-state index is 0.140. The molecule has 2 aromatic rings. The lowest BCUT2D eigenvalue weighted by Crippen LogP contribution is -2.34. The lowest BCUT2D eigenvalue weighted by molar-refractivity contribution is -0.102. The Morgan fingerprint density at radius 1 is 1.30 bits per heavy atom. The van der Waals surface area contributed by atoms with Gasteiger partial charge in [0.25, 0.3) is 0 Å². The molecule has 33 heavy (non-hydrogen) atoms. The number of nitrogens with zero attached hydrogens (tertiary/aromatic N) is 2. The summed E-state index contributed by atoms with van der Waals surface area (Å²) in [5.41, 5.74) is 5.15. The maximum Gasteiger partial charge on any atom is 0.351 e. The topological polar surface area (TPSA) is 74.6 Å². The fourth-order valence-corrected chi connectivity index (χ4v) is 4.15. The van der Waals surface area contributed by atoms with Crippen LogP contribution in [0.4, 0.5) is 0 Å². The van der Waals surface area contributed by atoms with Gasteiger partial charge in [0, 0.05) is 30.4 Å². The molecule has 1 aromatic carbocycles. The first kappa shape index (κ1) is 23.0. The van der Waals surface area contributed by atoms with E-state index < -0.39 is 0 Å². The molecule has 174 valence electrons. The molecule has 0 bridgehead atoms. The Bertz CT molecular complexity index is 1080. The van der Waals surface area contributed by atoms with Gasteiger partial charge < -0.3 is 19.5 Å². The molecule has 2 aliphatic rings. The third-order valence-electron chi connectivity index (χ3n) is 5.83. The quantitative estimate of drug-likeness (QED) is 0.444. The molecule has 1 aromatic heterocycles. The largest absolute Gasteiger partial charge is 0.475 e. The van der Waals surface area contributed by atoms with Crippen LogP contribution >= 0.6 is 0 Å². The number of ether oxygens (including phenoxy) is 3. The zero-order valence-electron chi connectivity index (χ0n) is 18.9. The first-order chi connectivity index (χ1) is 16.2. The Hall–Kier alpha value is -3.16. The molecule has 2 aliphatic heterocycles. The van der Waals surface area contributed by atoms with E-state index in [9.17, 15) is 4.79 Å². The summed E-state index contributed by atoms with van der Waals surface area (Å²) in [4.78, 5) is 16.7. The lowest BCUT2D eigenvalue weighted by Gasteiger charge is -2.24. The summed E-state index contributed by atoms with van der Waals surface area (Å²) in [5.74, 6) is 0.328. The summed E-state index contributed by atoms with van der Waals surface area (Å²) < 4.78 is 18.5. The average molecular weight is 450 g/mol. The summed E-state index contributed by atoms with van der Waals surface area (Å²) in [5, 5.41) is 3.36. The molecule has 1 saturated heterocycles. The van der Waals surface area contributed by atoms with Crippen LogP contribution in [0.3, 0.4) is 0 Å². The van der Waals surface area contributed by atoms with Crippen LogP contribution in [0.5, 0.6) is 5.88 Å². The van der Waals surface area contributed by atoms with Crippen molar-refractivity contribution in [3.8, 4) is 17.1 Å². The van der Waals surface area contributed by atoms with Crippen LogP contribution in [-0.2, 0) is 28.9 Å². The maximum absolute atomic E-state index is 12.6. The standard InChI is InChI=1S/C26H31N3O4/c1-3-6-21(4-2)27-11-5-7-19-8-9-23-20(15-19)10-12-29-24(23)16-25(28-26(29)30)33-18-22-17-31-13-14-32-22/h3-4,6,8-9,15-16,22,27H,1-2,5,7,10-14,17-18H2/b21-6+/t22-/m1/s1. The molecule has 0 spiro atoms. The van der Waals surface area contributed by atoms with Gasteiger partial charge in [-0.25, -0.2) is 4.79 Å². The predicted octanol–water partition coefficient (Wildman–Crippen LogP) is 3.04. The molecule has 0 radical (unpaired) electrons. The van der Waals surface area contributed by atoms with E-state index in [0.29, 0.717) is 38.9 Å². The zero-order chi connectivity index (χ0) is 23.0. The van der Waals surface area contributed by atoms with Gasteiger partial charge in [-0.15, -0.1) is 0 Å². The third-order valence-corrected chi connectivity index (χ3v) is 5.83. The van der Waals surface area contributed by atoms with E-state index in [2.05, 4.69) is 41.7 Å². The molecule has 3 heterocycles. The summed E-state index contributed by atoms with van der Waals surface area (Å²) in [6, 6.07) is 8.36. The SMILES string of the molecule is C=C/C=C(\C=C)NCCCc1ccc2c(c1)CCn1c-2cc(OC[C@H]2COCCO2)nc1=O. The number of hydrogen-bond acceptors (Lipinski definition) is 6. The van der Waals surface area contributed by atoms with Crippen molar-refractivity contribution in [3.05, 3.63) is 83.0 Å². The van der Waals surface area contributed by atoms with Crippen LogP contribution in [0.1, 0.15) is 17.5 Å².